The van der Waals surface area contributed by atoms with E-state index >= 15 is 0 Å². The molecule has 0 N–H and O–H groups in total. The van der Waals surface area contributed by atoms with Crippen molar-refractivity contribution in [2.45, 2.75) is 51.9 Å². The first kappa shape index (κ1) is 24.0. The first-order valence-corrected chi connectivity index (χ1v) is 14.2. The van der Waals surface area contributed by atoms with Crippen LogP contribution in [0.5, 0.6) is 0 Å². The topological polar surface area (TPSA) is 3.24 Å². The fraction of sp³-hybridized carbons (Fsp3) is 0.357. The SMILES string of the molecule is CC(C)(C)P(CN(CP(c1ccccc1)c1ccccc1)c1ccccc1)C(C)(C)C. The summed E-state index contributed by atoms with van der Waals surface area (Å²) >= 11 is 0. The molecule has 0 bridgehead atoms. The summed E-state index contributed by atoms with van der Waals surface area (Å²) in [6.07, 6.45) is 2.16. The van der Waals surface area contributed by atoms with E-state index in [-0.39, 0.29) is 7.92 Å². The summed E-state index contributed by atoms with van der Waals surface area (Å²) in [7, 11) is -0.718. The Kier molecular flexibility index (Phi) is 7.96. The highest BCUT2D eigenvalue weighted by molar-refractivity contribution is 7.73. The number of para-hydroxylation sites is 1. The quantitative estimate of drug-likeness (QED) is 0.335. The van der Waals surface area contributed by atoms with Gasteiger partial charge in [-0.25, -0.2) is 0 Å². The van der Waals surface area contributed by atoms with Crippen molar-refractivity contribution >= 4 is 32.1 Å². The monoisotopic (exact) mass is 449 g/mol. The van der Waals surface area contributed by atoms with Gasteiger partial charge >= 0.3 is 0 Å². The van der Waals surface area contributed by atoms with E-state index in [1.807, 2.05) is 0 Å². The second-order valence-corrected chi connectivity index (χ2v) is 16.0. The van der Waals surface area contributed by atoms with Gasteiger partial charge in [0.1, 0.15) is 0 Å². The number of hydrogen-bond acceptors (Lipinski definition) is 1. The smallest absolute Gasteiger partial charge is 0.0462 e. The summed E-state index contributed by atoms with van der Waals surface area (Å²) in [4.78, 5) is 2.67. The molecule has 3 aromatic carbocycles. The molecular formula is C28H37NP2. The van der Waals surface area contributed by atoms with Crippen molar-refractivity contribution in [2.24, 2.45) is 0 Å². The molecule has 0 aliphatic heterocycles. The van der Waals surface area contributed by atoms with E-state index in [0.29, 0.717) is 10.3 Å². The van der Waals surface area contributed by atoms with Crippen molar-refractivity contribution in [3.8, 4) is 0 Å². The predicted octanol–water partition coefficient (Wildman–Crippen LogP) is 7.62. The molecule has 0 aliphatic carbocycles. The molecule has 0 atom stereocenters. The van der Waals surface area contributed by atoms with Crippen LogP contribution in [-0.2, 0) is 0 Å². The van der Waals surface area contributed by atoms with Crippen LogP contribution in [0.2, 0.25) is 0 Å². The van der Waals surface area contributed by atoms with Crippen LogP contribution in [0.25, 0.3) is 0 Å². The number of rotatable bonds is 7. The Morgan fingerprint density at radius 2 is 0.935 bits per heavy atom. The summed E-state index contributed by atoms with van der Waals surface area (Å²) in [6, 6.07) is 33.2. The minimum Gasteiger partial charge on any atom is -0.363 e. The highest BCUT2D eigenvalue weighted by atomic mass is 31.1. The van der Waals surface area contributed by atoms with Crippen molar-refractivity contribution in [3.63, 3.8) is 0 Å². The van der Waals surface area contributed by atoms with Crippen LogP contribution in [0.4, 0.5) is 5.69 Å². The summed E-state index contributed by atoms with van der Waals surface area (Å²) < 4.78 is 0. The van der Waals surface area contributed by atoms with Gasteiger partial charge in [0.25, 0.3) is 0 Å². The lowest BCUT2D eigenvalue weighted by Crippen LogP contribution is -2.36. The second kappa shape index (κ2) is 10.3. The maximum Gasteiger partial charge on any atom is 0.0462 e. The molecule has 0 heterocycles. The normalized spacial score (nSPS) is 12.4. The number of hydrogen-bond donors (Lipinski definition) is 0. The molecule has 0 saturated heterocycles. The molecule has 1 nitrogen and oxygen atoms in total. The van der Waals surface area contributed by atoms with Crippen LogP contribution >= 0.6 is 15.8 Å². The molecule has 0 aromatic heterocycles. The van der Waals surface area contributed by atoms with Crippen LogP contribution in [0.3, 0.4) is 0 Å². The lowest BCUT2D eigenvalue weighted by Gasteiger charge is -2.45. The molecule has 31 heavy (non-hydrogen) atoms. The third-order valence-corrected chi connectivity index (χ3v) is 11.8. The molecule has 0 unspecified atom stereocenters. The maximum absolute atomic E-state index is 2.67. The van der Waals surface area contributed by atoms with Gasteiger partial charge in [-0.05, 0) is 41.0 Å². The molecule has 3 rings (SSSR count). The van der Waals surface area contributed by atoms with Crippen molar-refractivity contribution in [1.29, 1.82) is 0 Å². The maximum atomic E-state index is 2.67. The van der Waals surface area contributed by atoms with Crippen LogP contribution < -0.4 is 15.5 Å². The Balaban J connectivity index is 2.02. The van der Waals surface area contributed by atoms with Gasteiger partial charge in [0.05, 0.1) is 0 Å². The van der Waals surface area contributed by atoms with Gasteiger partial charge in [0.15, 0.2) is 0 Å². The molecule has 3 heteroatoms. The zero-order valence-electron chi connectivity index (χ0n) is 19.9. The summed E-state index contributed by atoms with van der Waals surface area (Å²) in [5.41, 5.74) is 1.34. The first-order chi connectivity index (χ1) is 14.7. The van der Waals surface area contributed by atoms with Crippen LogP contribution in [0.1, 0.15) is 41.5 Å². The largest absolute Gasteiger partial charge is 0.363 e. The summed E-state index contributed by atoms with van der Waals surface area (Å²) in [6.45, 7) is 14.5. The van der Waals surface area contributed by atoms with Gasteiger partial charge < -0.3 is 4.90 Å². The molecule has 0 spiro atoms. The summed E-state index contributed by atoms with van der Waals surface area (Å²) in [5, 5.41) is 3.48. The Morgan fingerprint density at radius 3 is 1.32 bits per heavy atom. The van der Waals surface area contributed by atoms with Gasteiger partial charge in [-0.3, -0.25) is 0 Å². The van der Waals surface area contributed by atoms with E-state index < -0.39 is 7.92 Å². The molecule has 0 fully saturated rings. The van der Waals surface area contributed by atoms with Gasteiger partial charge in [-0.1, -0.05) is 128 Å². The third-order valence-electron chi connectivity index (χ3n) is 5.50. The lowest BCUT2D eigenvalue weighted by molar-refractivity contribution is 0.700. The van der Waals surface area contributed by atoms with Crippen LogP contribution in [-0.4, -0.2) is 22.9 Å². The third kappa shape index (κ3) is 6.65. The molecule has 164 valence electrons. The van der Waals surface area contributed by atoms with Crippen molar-refractivity contribution in [3.05, 3.63) is 91.0 Å². The van der Waals surface area contributed by atoms with E-state index in [9.17, 15) is 0 Å². The molecule has 3 aromatic rings. The van der Waals surface area contributed by atoms with E-state index in [4.69, 9.17) is 0 Å². The average molecular weight is 450 g/mol. The zero-order chi connectivity index (χ0) is 22.5. The van der Waals surface area contributed by atoms with Crippen LogP contribution in [0.15, 0.2) is 91.0 Å². The van der Waals surface area contributed by atoms with Crippen molar-refractivity contribution < 1.29 is 0 Å². The fourth-order valence-electron chi connectivity index (χ4n) is 4.15. The Hall–Kier alpha value is -1.68. The summed E-state index contributed by atoms with van der Waals surface area (Å²) in [5.74, 6) is 0. The highest BCUT2D eigenvalue weighted by Gasteiger charge is 2.36. The average Bonchev–Trinajstić information content (AvgIpc) is 2.74. The van der Waals surface area contributed by atoms with Crippen LogP contribution in [0, 0.1) is 0 Å². The minimum absolute atomic E-state index is 0.238. The first-order valence-electron chi connectivity index (χ1n) is 11.1. The highest BCUT2D eigenvalue weighted by Crippen LogP contribution is 2.60. The molecule has 0 amide bonds. The van der Waals surface area contributed by atoms with E-state index in [0.717, 1.165) is 12.6 Å². The molecule has 0 aliphatic rings. The number of anilines is 1. The minimum atomic E-state index is -0.480. The van der Waals surface area contributed by atoms with Gasteiger partial charge in [-0.2, -0.15) is 0 Å². The van der Waals surface area contributed by atoms with Crippen molar-refractivity contribution in [2.75, 3.05) is 17.5 Å². The Labute approximate surface area is 192 Å². The Morgan fingerprint density at radius 1 is 0.548 bits per heavy atom. The van der Waals surface area contributed by atoms with Crippen molar-refractivity contribution in [1.82, 2.24) is 0 Å². The second-order valence-electron chi connectivity index (χ2n) is 10.0. The molecular weight excluding hydrogens is 412 g/mol. The number of nitrogens with zero attached hydrogens (tertiary/aromatic N) is 1. The van der Waals surface area contributed by atoms with Gasteiger partial charge in [0.2, 0.25) is 0 Å². The predicted molar refractivity (Wildman–Crippen MR) is 144 cm³/mol. The zero-order valence-corrected chi connectivity index (χ0v) is 21.7. The standard InChI is InChI=1S/C28H37NP2/c1-27(2,3)31(28(4,5)6)23-29(24-16-10-7-11-17-24)22-30(25-18-12-8-13-19-25)26-20-14-9-15-21-26/h7-21H,22-23H2,1-6H3. The molecule has 0 radical (unpaired) electrons. The number of benzene rings is 3. The molecule has 0 saturated carbocycles. The fourth-order valence-corrected chi connectivity index (χ4v) is 10.1. The Bertz CT molecular complexity index is 858. The van der Waals surface area contributed by atoms with E-state index in [1.54, 1.807) is 0 Å². The van der Waals surface area contributed by atoms with E-state index in [1.165, 1.54) is 16.3 Å². The van der Waals surface area contributed by atoms with Gasteiger partial charge in [-0.15, -0.1) is 0 Å². The lowest BCUT2D eigenvalue weighted by atomic mass is 10.2. The van der Waals surface area contributed by atoms with E-state index in [2.05, 4.69) is 137 Å². The van der Waals surface area contributed by atoms with Gasteiger partial charge in [0, 0.05) is 18.3 Å².